The molecule has 0 spiro atoms. The summed E-state index contributed by atoms with van der Waals surface area (Å²) in [6, 6.07) is 2.12. The standard InChI is InChI=1S/C8H12N2O2/c9-3-7-4-10(1-2-11-7)5-8-6-12-8/h7-8H,1-2,4-6H2/t7?,8-/m1/s1. The molecule has 0 N–H and O–H groups in total. The smallest absolute Gasteiger partial charge is 0.156 e. The minimum absolute atomic E-state index is 0.238. The van der Waals surface area contributed by atoms with Gasteiger partial charge < -0.3 is 9.47 Å². The molecule has 0 aliphatic carbocycles. The van der Waals surface area contributed by atoms with E-state index in [2.05, 4.69) is 11.0 Å². The summed E-state index contributed by atoms with van der Waals surface area (Å²) in [5, 5.41) is 8.63. The predicted octanol–water partition coefficient (Wildman–Crippen LogP) is -0.390. The van der Waals surface area contributed by atoms with Crippen LogP contribution in [-0.2, 0) is 9.47 Å². The first-order chi connectivity index (χ1) is 5.88. The minimum atomic E-state index is -0.238. The summed E-state index contributed by atoms with van der Waals surface area (Å²) in [5.41, 5.74) is 0. The van der Waals surface area contributed by atoms with E-state index in [9.17, 15) is 0 Å². The van der Waals surface area contributed by atoms with Gasteiger partial charge >= 0.3 is 0 Å². The van der Waals surface area contributed by atoms with Crippen LogP contribution >= 0.6 is 0 Å². The van der Waals surface area contributed by atoms with Crippen LogP contribution in [0.3, 0.4) is 0 Å². The van der Waals surface area contributed by atoms with Gasteiger partial charge in [-0.1, -0.05) is 0 Å². The minimum Gasteiger partial charge on any atom is -0.372 e. The number of epoxide rings is 1. The van der Waals surface area contributed by atoms with Crippen molar-refractivity contribution in [1.29, 1.82) is 5.26 Å². The third kappa shape index (κ3) is 1.95. The van der Waals surface area contributed by atoms with Crippen LogP contribution in [-0.4, -0.2) is 50.0 Å². The van der Waals surface area contributed by atoms with Gasteiger partial charge in [0, 0.05) is 19.6 Å². The third-order valence-corrected chi connectivity index (χ3v) is 2.16. The molecule has 0 aromatic carbocycles. The highest BCUT2D eigenvalue weighted by Gasteiger charge is 2.28. The number of hydrogen-bond donors (Lipinski definition) is 0. The number of hydrogen-bond acceptors (Lipinski definition) is 4. The van der Waals surface area contributed by atoms with E-state index in [1.54, 1.807) is 0 Å². The molecule has 66 valence electrons. The van der Waals surface area contributed by atoms with Crippen LogP contribution in [0, 0.1) is 11.3 Å². The zero-order chi connectivity index (χ0) is 8.39. The molecule has 4 nitrogen and oxygen atoms in total. The first kappa shape index (κ1) is 7.99. The van der Waals surface area contributed by atoms with Crippen molar-refractivity contribution in [3.63, 3.8) is 0 Å². The Labute approximate surface area is 71.7 Å². The maximum Gasteiger partial charge on any atom is 0.156 e. The number of ether oxygens (including phenoxy) is 2. The maximum absolute atomic E-state index is 8.63. The summed E-state index contributed by atoms with van der Waals surface area (Å²) in [4.78, 5) is 2.23. The molecule has 2 fully saturated rings. The van der Waals surface area contributed by atoms with Crippen molar-refractivity contribution in [3.05, 3.63) is 0 Å². The van der Waals surface area contributed by atoms with Crippen molar-refractivity contribution in [2.75, 3.05) is 32.8 Å². The molecule has 2 rings (SSSR count). The molecule has 4 heteroatoms. The lowest BCUT2D eigenvalue weighted by atomic mass is 10.3. The lowest BCUT2D eigenvalue weighted by Gasteiger charge is -2.28. The lowest BCUT2D eigenvalue weighted by Crippen LogP contribution is -2.43. The van der Waals surface area contributed by atoms with Crippen LogP contribution in [0.25, 0.3) is 0 Å². The van der Waals surface area contributed by atoms with Crippen molar-refractivity contribution in [1.82, 2.24) is 4.90 Å². The molecule has 2 aliphatic heterocycles. The molecule has 0 amide bonds. The Hall–Kier alpha value is -0.630. The summed E-state index contributed by atoms with van der Waals surface area (Å²) >= 11 is 0. The van der Waals surface area contributed by atoms with Gasteiger partial charge in [0.15, 0.2) is 6.10 Å². The first-order valence-electron chi connectivity index (χ1n) is 4.23. The average Bonchev–Trinajstić information content (AvgIpc) is 2.89. The van der Waals surface area contributed by atoms with E-state index in [1.165, 1.54) is 0 Å². The molecule has 0 radical (unpaired) electrons. The summed E-state index contributed by atoms with van der Waals surface area (Å²) in [5.74, 6) is 0. The number of nitriles is 1. The molecule has 2 atom stereocenters. The Balaban J connectivity index is 1.77. The molecule has 2 saturated heterocycles. The average molecular weight is 168 g/mol. The molecular formula is C8H12N2O2. The van der Waals surface area contributed by atoms with E-state index in [-0.39, 0.29) is 6.10 Å². The van der Waals surface area contributed by atoms with Crippen LogP contribution in [0.15, 0.2) is 0 Å². The second-order valence-electron chi connectivity index (χ2n) is 3.20. The van der Waals surface area contributed by atoms with Crippen LogP contribution in [0.5, 0.6) is 0 Å². The van der Waals surface area contributed by atoms with Crippen LogP contribution < -0.4 is 0 Å². The van der Waals surface area contributed by atoms with Crippen LogP contribution in [0.4, 0.5) is 0 Å². The third-order valence-electron chi connectivity index (χ3n) is 2.16. The van der Waals surface area contributed by atoms with Gasteiger partial charge in [-0.2, -0.15) is 5.26 Å². The zero-order valence-electron chi connectivity index (χ0n) is 6.90. The summed E-state index contributed by atoms with van der Waals surface area (Å²) in [6.07, 6.45) is 0.181. The van der Waals surface area contributed by atoms with Crippen LogP contribution in [0.1, 0.15) is 0 Å². The van der Waals surface area contributed by atoms with Crippen molar-refractivity contribution < 1.29 is 9.47 Å². The summed E-state index contributed by atoms with van der Waals surface area (Å²) < 4.78 is 10.3. The quantitative estimate of drug-likeness (QED) is 0.527. The SMILES string of the molecule is N#CC1CN(C[C@@H]2CO2)CCO1. The Morgan fingerprint density at radius 2 is 2.33 bits per heavy atom. The van der Waals surface area contributed by atoms with Crippen molar-refractivity contribution >= 4 is 0 Å². The Morgan fingerprint density at radius 3 is 3.00 bits per heavy atom. The van der Waals surface area contributed by atoms with Crippen LogP contribution in [0.2, 0.25) is 0 Å². The topological polar surface area (TPSA) is 48.8 Å². The van der Waals surface area contributed by atoms with Gasteiger partial charge in [-0.3, -0.25) is 4.90 Å². The first-order valence-corrected chi connectivity index (χ1v) is 4.23. The van der Waals surface area contributed by atoms with Gasteiger partial charge in [0.05, 0.1) is 25.4 Å². The summed E-state index contributed by atoms with van der Waals surface area (Å²) in [7, 11) is 0. The molecule has 0 bridgehead atoms. The normalized spacial score (nSPS) is 35.9. The fraction of sp³-hybridized carbons (Fsp3) is 0.875. The van der Waals surface area contributed by atoms with Gasteiger partial charge in [0.2, 0.25) is 0 Å². The number of rotatable bonds is 2. The molecule has 12 heavy (non-hydrogen) atoms. The second kappa shape index (κ2) is 3.40. The number of morpholine rings is 1. The van der Waals surface area contributed by atoms with Gasteiger partial charge in [-0.05, 0) is 0 Å². The molecule has 0 aromatic rings. The molecule has 0 aromatic heterocycles. The van der Waals surface area contributed by atoms with Gasteiger partial charge in [0.1, 0.15) is 0 Å². The lowest BCUT2D eigenvalue weighted by molar-refractivity contribution is -0.00152. The van der Waals surface area contributed by atoms with E-state index >= 15 is 0 Å². The molecular weight excluding hydrogens is 156 g/mol. The largest absolute Gasteiger partial charge is 0.372 e. The molecule has 2 heterocycles. The zero-order valence-corrected chi connectivity index (χ0v) is 6.90. The fourth-order valence-electron chi connectivity index (χ4n) is 1.41. The Kier molecular flexibility index (Phi) is 2.26. The van der Waals surface area contributed by atoms with Crippen molar-refractivity contribution in [2.45, 2.75) is 12.2 Å². The monoisotopic (exact) mass is 168 g/mol. The van der Waals surface area contributed by atoms with Gasteiger partial charge in [0.25, 0.3) is 0 Å². The summed E-state index contributed by atoms with van der Waals surface area (Å²) in [6.45, 7) is 4.18. The molecule has 0 saturated carbocycles. The second-order valence-corrected chi connectivity index (χ2v) is 3.20. The highest BCUT2D eigenvalue weighted by Crippen LogP contribution is 2.13. The fourth-order valence-corrected chi connectivity index (χ4v) is 1.41. The van der Waals surface area contributed by atoms with Crippen molar-refractivity contribution in [2.24, 2.45) is 0 Å². The Bertz CT molecular complexity index is 198. The Morgan fingerprint density at radius 1 is 1.50 bits per heavy atom. The maximum atomic E-state index is 8.63. The molecule has 1 unspecified atom stereocenters. The van der Waals surface area contributed by atoms with E-state index in [0.29, 0.717) is 12.7 Å². The molecule has 2 aliphatic rings. The predicted molar refractivity (Wildman–Crippen MR) is 41.5 cm³/mol. The highest BCUT2D eigenvalue weighted by atomic mass is 16.6. The van der Waals surface area contributed by atoms with E-state index in [1.807, 2.05) is 0 Å². The van der Waals surface area contributed by atoms with E-state index < -0.39 is 0 Å². The van der Waals surface area contributed by atoms with Gasteiger partial charge in [-0.15, -0.1) is 0 Å². The highest BCUT2D eigenvalue weighted by molar-refractivity contribution is 4.90. The van der Waals surface area contributed by atoms with E-state index in [4.69, 9.17) is 14.7 Å². The van der Waals surface area contributed by atoms with Gasteiger partial charge in [-0.25, -0.2) is 0 Å². The number of nitrogens with zero attached hydrogens (tertiary/aromatic N) is 2. The van der Waals surface area contributed by atoms with E-state index in [0.717, 1.165) is 26.2 Å². The van der Waals surface area contributed by atoms with Crippen molar-refractivity contribution in [3.8, 4) is 6.07 Å².